The van der Waals surface area contributed by atoms with E-state index >= 15 is 0 Å². The van der Waals surface area contributed by atoms with Crippen LogP contribution in [0, 0.1) is 0 Å². The highest BCUT2D eigenvalue weighted by atomic mass is 32.2. The molecule has 0 heterocycles. The predicted molar refractivity (Wildman–Crippen MR) is 46.6 cm³/mol. The van der Waals surface area contributed by atoms with Crippen LogP contribution < -0.4 is 0 Å². The minimum atomic E-state index is -4.78. The third kappa shape index (κ3) is 3.05. The Bertz CT molecular complexity index is 323. The zero-order chi connectivity index (χ0) is 11.9. The van der Waals surface area contributed by atoms with Crippen molar-refractivity contribution in [1.82, 2.24) is 4.31 Å². The van der Waals surface area contributed by atoms with E-state index < -0.39 is 34.1 Å². The minimum absolute atomic E-state index is 0.481. The molecule has 1 aliphatic carbocycles. The highest BCUT2D eigenvalue weighted by Crippen LogP contribution is 2.31. The average Bonchev–Trinajstić information content (AvgIpc) is 2.83. The molecule has 1 aliphatic rings. The Morgan fingerprint density at radius 2 is 1.93 bits per heavy atom. The average molecular weight is 247 g/mol. The highest BCUT2D eigenvalue weighted by Gasteiger charge is 2.44. The van der Waals surface area contributed by atoms with Crippen LogP contribution in [0.15, 0.2) is 0 Å². The number of alkyl halides is 3. The predicted octanol–water partition coefficient (Wildman–Crippen LogP) is 0.334. The van der Waals surface area contributed by atoms with Gasteiger partial charge in [-0.25, -0.2) is 12.7 Å². The lowest BCUT2D eigenvalue weighted by atomic mass is 10.3. The topological polar surface area (TPSA) is 57.6 Å². The summed E-state index contributed by atoms with van der Waals surface area (Å²) in [5.74, 6) is 0. The van der Waals surface area contributed by atoms with Crippen molar-refractivity contribution in [2.24, 2.45) is 0 Å². The van der Waals surface area contributed by atoms with Crippen molar-refractivity contribution in [2.45, 2.75) is 30.4 Å². The van der Waals surface area contributed by atoms with Gasteiger partial charge >= 0.3 is 6.18 Å². The van der Waals surface area contributed by atoms with E-state index in [1.807, 2.05) is 0 Å². The van der Waals surface area contributed by atoms with Gasteiger partial charge < -0.3 is 5.11 Å². The molecule has 15 heavy (non-hydrogen) atoms. The van der Waals surface area contributed by atoms with Crippen LogP contribution >= 0.6 is 0 Å². The van der Waals surface area contributed by atoms with E-state index in [0.29, 0.717) is 17.1 Å². The Kier molecular flexibility index (Phi) is 3.32. The molecule has 0 saturated heterocycles. The van der Waals surface area contributed by atoms with Crippen LogP contribution in [0.2, 0.25) is 0 Å². The number of likely N-dealkylation sites (N-methyl/N-ethyl adjacent to an activating group) is 1. The second-order valence-electron chi connectivity index (χ2n) is 3.58. The Morgan fingerprint density at radius 1 is 1.47 bits per heavy atom. The second kappa shape index (κ2) is 3.91. The van der Waals surface area contributed by atoms with E-state index in [9.17, 15) is 21.6 Å². The van der Waals surface area contributed by atoms with Crippen LogP contribution in [0.5, 0.6) is 0 Å². The summed E-state index contributed by atoms with van der Waals surface area (Å²) in [6, 6.07) is 0. The smallest absolute Gasteiger partial charge is 0.382 e. The molecule has 8 heteroatoms. The Morgan fingerprint density at radius 3 is 2.27 bits per heavy atom. The van der Waals surface area contributed by atoms with Crippen molar-refractivity contribution in [3.05, 3.63) is 0 Å². The molecule has 0 aromatic heterocycles. The van der Waals surface area contributed by atoms with Gasteiger partial charge in [0.2, 0.25) is 10.0 Å². The molecule has 1 rings (SSSR count). The summed E-state index contributed by atoms with van der Waals surface area (Å²) < 4.78 is 59.2. The Hall–Kier alpha value is -0.340. The molecule has 0 unspecified atom stereocenters. The number of rotatable bonds is 4. The Balaban J connectivity index is 2.59. The highest BCUT2D eigenvalue weighted by molar-refractivity contribution is 7.90. The van der Waals surface area contributed by atoms with Gasteiger partial charge in [-0.15, -0.1) is 0 Å². The maximum Gasteiger partial charge on any atom is 0.415 e. The van der Waals surface area contributed by atoms with E-state index in [0.717, 1.165) is 7.05 Å². The van der Waals surface area contributed by atoms with Gasteiger partial charge in [0.15, 0.2) is 6.10 Å². The molecule has 1 fully saturated rings. The zero-order valence-electron chi connectivity index (χ0n) is 8.03. The number of halogens is 3. The first-order valence-electron chi connectivity index (χ1n) is 4.35. The fourth-order valence-corrected chi connectivity index (χ4v) is 2.66. The number of aliphatic hydroxyl groups excluding tert-OH is 1. The van der Waals surface area contributed by atoms with Gasteiger partial charge in [0.05, 0.1) is 5.25 Å². The van der Waals surface area contributed by atoms with Gasteiger partial charge in [0.1, 0.15) is 0 Å². The van der Waals surface area contributed by atoms with Crippen LogP contribution in [-0.2, 0) is 10.0 Å². The molecular weight excluding hydrogens is 235 g/mol. The van der Waals surface area contributed by atoms with Gasteiger partial charge in [0, 0.05) is 13.6 Å². The quantitative estimate of drug-likeness (QED) is 0.779. The van der Waals surface area contributed by atoms with Crippen LogP contribution in [0.1, 0.15) is 12.8 Å². The fourth-order valence-electron chi connectivity index (χ4n) is 1.07. The molecule has 1 atom stereocenters. The standard InChI is InChI=1S/C7H12F3NO3S/c1-11(4-6(12)7(8,9)10)15(13,14)5-2-3-5/h5-6,12H,2-4H2,1H3/t6-/m0/s1. The van der Waals surface area contributed by atoms with E-state index in [2.05, 4.69) is 0 Å². The van der Waals surface area contributed by atoms with Crippen LogP contribution in [0.4, 0.5) is 13.2 Å². The summed E-state index contributed by atoms with van der Waals surface area (Å²) in [5.41, 5.74) is 0. The van der Waals surface area contributed by atoms with Crippen LogP contribution in [0.25, 0.3) is 0 Å². The molecule has 0 amide bonds. The number of aliphatic hydroxyl groups is 1. The molecule has 1 saturated carbocycles. The Labute approximate surface area is 85.7 Å². The molecule has 1 N–H and O–H groups in total. The molecule has 0 aromatic carbocycles. The third-order valence-corrected chi connectivity index (χ3v) is 4.52. The maximum absolute atomic E-state index is 11.9. The van der Waals surface area contributed by atoms with Crippen molar-refractivity contribution in [1.29, 1.82) is 0 Å². The lowest BCUT2D eigenvalue weighted by Gasteiger charge is -2.21. The number of sulfonamides is 1. The molecule has 0 bridgehead atoms. The summed E-state index contributed by atoms with van der Waals surface area (Å²) >= 11 is 0. The monoisotopic (exact) mass is 247 g/mol. The summed E-state index contributed by atoms with van der Waals surface area (Å²) in [5, 5.41) is 8.12. The minimum Gasteiger partial charge on any atom is -0.382 e. The summed E-state index contributed by atoms with van der Waals surface area (Å²) in [7, 11) is -2.60. The summed E-state index contributed by atoms with van der Waals surface area (Å²) in [6.45, 7) is -0.942. The van der Waals surface area contributed by atoms with Crippen molar-refractivity contribution in [3.8, 4) is 0 Å². The van der Waals surface area contributed by atoms with Crippen molar-refractivity contribution < 1.29 is 26.7 Å². The largest absolute Gasteiger partial charge is 0.415 e. The van der Waals surface area contributed by atoms with E-state index in [4.69, 9.17) is 5.11 Å². The molecule has 0 aliphatic heterocycles. The van der Waals surface area contributed by atoms with Crippen molar-refractivity contribution in [3.63, 3.8) is 0 Å². The normalized spacial score (nSPS) is 20.7. The van der Waals surface area contributed by atoms with E-state index in [-0.39, 0.29) is 0 Å². The molecule has 0 aromatic rings. The summed E-state index contributed by atoms with van der Waals surface area (Å²) in [6.07, 6.45) is -6.45. The number of hydrogen-bond acceptors (Lipinski definition) is 3. The summed E-state index contributed by atoms with van der Waals surface area (Å²) in [4.78, 5) is 0. The van der Waals surface area contributed by atoms with Crippen LogP contribution in [-0.4, -0.2) is 49.0 Å². The zero-order valence-corrected chi connectivity index (χ0v) is 8.85. The van der Waals surface area contributed by atoms with Gasteiger partial charge in [-0.3, -0.25) is 0 Å². The van der Waals surface area contributed by atoms with Gasteiger partial charge in [-0.1, -0.05) is 0 Å². The number of hydrogen-bond donors (Lipinski definition) is 1. The van der Waals surface area contributed by atoms with Crippen molar-refractivity contribution in [2.75, 3.05) is 13.6 Å². The van der Waals surface area contributed by atoms with Crippen LogP contribution in [0.3, 0.4) is 0 Å². The maximum atomic E-state index is 11.9. The SMILES string of the molecule is CN(C[C@H](O)C(F)(F)F)S(=O)(=O)C1CC1. The second-order valence-corrected chi connectivity index (χ2v) is 5.90. The molecule has 4 nitrogen and oxygen atoms in total. The van der Waals surface area contributed by atoms with Gasteiger partial charge in [-0.2, -0.15) is 13.2 Å². The van der Waals surface area contributed by atoms with E-state index in [1.165, 1.54) is 0 Å². The van der Waals surface area contributed by atoms with Gasteiger partial charge in [0.25, 0.3) is 0 Å². The van der Waals surface area contributed by atoms with Gasteiger partial charge in [-0.05, 0) is 12.8 Å². The lowest BCUT2D eigenvalue weighted by molar-refractivity contribution is -0.204. The molecule has 0 spiro atoms. The van der Waals surface area contributed by atoms with E-state index in [1.54, 1.807) is 0 Å². The lowest BCUT2D eigenvalue weighted by Crippen LogP contribution is -2.42. The molecular formula is C7H12F3NO3S. The fraction of sp³-hybridized carbons (Fsp3) is 1.00. The van der Waals surface area contributed by atoms with Crippen molar-refractivity contribution >= 4 is 10.0 Å². The first-order valence-corrected chi connectivity index (χ1v) is 5.86. The number of nitrogens with zero attached hydrogens (tertiary/aromatic N) is 1. The third-order valence-electron chi connectivity index (χ3n) is 2.19. The molecule has 0 radical (unpaired) electrons. The first kappa shape index (κ1) is 12.7. The molecule has 90 valence electrons. The first-order chi connectivity index (χ1) is 6.65.